The normalized spacial score (nSPS) is 15.9. The molecule has 1 heterocycles. The topological polar surface area (TPSA) is 83.6 Å². The van der Waals surface area contributed by atoms with E-state index < -0.39 is 10.0 Å². The third-order valence-corrected chi connectivity index (χ3v) is 7.49. The Morgan fingerprint density at radius 2 is 1.60 bits per heavy atom. The monoisotopic (exact) mass is 428 g/mol. The zero-order chi connectivity index (χ0) is 21.9. The van der Waals surface area contributed by atoms with Gasteiger partial charge in [-0.15, -0.1) is 0 Å². The van der Waals surface area contributed by atoms with Gasteiger partial charge < -0.3 is 5.32 Å². The van der Waals surface area contributed by atoms with Gasteiger partial charge in [-0.3, -0.25) is 9.59 Å². The van der Waals surface area contributed by atoms with Crippen LogP contribution in [0, 0.1) is 5.92 Å². The number of hydrogen-bond acceptors (Lipinski definition) is 4. The largest absolute Gasteiger partial charge is 0.325 e. The van der Waals surface area contributed by atoms with Crippen molar-refractivity contribution >= 4 is 27.4 Å². The van der Waals surface area contributed by atoms with Crippen molar-refractivity contribution in [2.75, 3.05) is 18.4 Å². The maximum atomic E-state index is 12.9. The number of rotatable bonds is 6. The molecule has 0 bridgehead atoms. The van der Waals surface area contributed by atoms with Crippen molar-refractivity contribution < 1.29 is 18.0 Å². The molecule has 0 unspecified atom stereocenters. The van der Waals surface area contributed by atoms with Crippen molar-refractivity contribution in [2.45, 2.75) is 44.4 Å². The molecule has 1 N–H and O–H groups in total. The highest BCUT2D eigenvalue weighted by atomic mass is 32.2. The number of anilines is 1. The van der Waals surface area contributed by atoms with Gasteiger partial charge in [0.15, 0.2) is 5.78 Å². The average Bonchev–Trinajstić information content (AvgIpc) is 2.74. The molecule has 160 valence electrons. The number of sulfonamides is 1. The molecule has 1 saturated heterocycles. The minimum atomic E-state index is -3.57. The van der Waals surface area contributed by atoms with E-state index in [2.05, 4.69) is 19.2 Å². The molecule has 1 aliphatic rings. The molecule has 0 aliphatic carbocycles. The van der Waals surface area contributed by atoms with Crippen molar-refractivity contribution in [2.24, 2.45) is 5.92 Å². The fraction of sp³-hybridized carbons (Fsp3) is 0.391. The van der Waals surface area contributed by atoms with E-state index in [1.165, 1.54) is 11.2 Å². The van der Waals surface area contributed by atoms with Gasteiger partial charge in [-0.1, -0.05) is 38.1 Å². The SMILES string of the molecule is CC(=O)c1ccccc1NC(=O)C1CCN(S(=O)(=O)c2ccc(C(C)C)cc2)CC1. The first kappa shape index (κ1) is 22.2. The third kappa shape index (κ3) is 4.79. The summed E-state index contributed by atoms with van der Waals surface area (Å²) < 4.78 is 27.3. The number of nitrogens with one attached hydrogen (secondary N) is 1. The second-order valence-corrected chi connectivity index (χ2v) is 9.93. The molecule has 3 rings (SSSR count). The molecule has 0 saturated carbocycles. The highest BCUT2D eigenvalue weighted by Gasteiger charge is 2.32. The lowest BCUT2D eigenvalue weighted by atomic mass is 9.97. The summed E-state index contributed by atoms with van der Waals surface area (Å²) in [5, 5.41) is 2.84. The Labute approximate surface area is 178 Å². The van der Waals surface area contributed by atoms with Crippen molar-refractivity contribution in [1.29, 1.82) is 0 Å². The number of ketones is 1. The van der Waals surface area contributed by atoms with E-state index in [9.17, 15) is 18.0 Å². The fourth-order valence-corrected chi connectivity index (χ4v) is 5.14. The van der Waals surface area contributed by atoms with E-state index in [-0.39, 0.29) is 22.5 Å². The number of para-hydroxylation sites is 1. The number of carbonyl (C=O) groups is 2. The average molecular weight is 429 g/mol. The minimum Gasteiger partial charge on any atom is -0.325 e. The Bertz CT molecular complexity index is 1020. The van der Waals surface area contributed by atoms with Crippen LogP contribution in [0.3, 0.4) is 0 Å². The lowest BCUT2D eigenvalue weighted by Crippen LogP contribution is -2.41. The van der Waals surface area contributed by atoms with Crippen molar-refractivity contribution in [3.8, 4) is 0 Å². The van der Waals surface area contributed by atoms with E-state index in [0.29, 0.717) is 43.1 Å². The Morgan fingerprint density at radius 3 is 2.17 bits per heavy atom. The third-order valence-electron chi connectivity index (χ3n) is 5.57. The molecule has 0 radical (unpaired) electrons. The Kier molecular flexibility index (Phi) is 6.73. The lowest BCUT2D eigenvalue weighted by molar-refractivity contribution is -0.120. The van der Waals surface area contributed by atoms with E-state index in [1.807, 2.05) is 12.1 Å². The molecule has 0 spiro atoms. The van der Waals surface area contributed by atoms with Crippen LogP contribution in [-0.2, 0) is 14.8 Å². The first-order chi connectivity index (χ1) is 14.2. The van der Waals surface area contributed by atoms with Gasteiger partial charge in [0.2, 0.25) is 15.9 Å². The van der Waals surface area contributed by atoms with Crippen LogP contribution in [0.15, 0.2) is 53.4 Å². The molecule has 6 nitrogen and oxygen atoms in total. The van der Waals surface area contributed by atoms with Gasteiger partial charge in [-0.2, -0.15) is 4.31 Å². The Hall–Kier alpha value is -2.51. The van der Waals surface area contributed by atoms with E-state index in [0.717, 1.165) is 5.56 Å². The quantitative estimate of drug-likeness (QED) is 0.704. The van der Waals surface area contributed by atoms with Crippen LogP contribution in [0.5, 0.6) is 0 Å². The van der Waals surface area contributed by atoms with Crippen LogP contribution < -0.4 is 5.32 Å². The highest BCUT2D eigenvalue weighted by molar-refractivity contribution is 7.89. The van der Waals surface area contributed by atoms with Gasteiger partial charge in [-0.25, -0.2) is 8.42 Å². The first-order valence-electron chi connectivity index (χ1n) is 10.2. The summed E-state index contributed by atoms with van der Waals surface area (Å²) in [5.74, 6) is -0.249. The van der Waals surface area contributed by atoms with Crippen LogP contribution >= 0.6 is 0 Å². The predicted molar refractivity (Wildman–Crippen MR) is 117 cm³/mol. The van der Waals surface area contributed by atoms with Crippen LogP contribution in [0.25, 0.3) is 0 Å². The standard InChI is InChI=1S/C23H28N2O4S/c1-16(2)18-8-10-20(11-9-18)30(28,29)25-14-12-19(13-15-25)23(27)24-22-7-5-4-6-21(22)17(3)26/h4-11,16,19H,12-15H2,1-3H3,(H,24,27). The number of benzene rings is 2. The minimum absolute atomic E-state index is 0.115. The van der Waals surface area contributed by atoms with Crippen LogP contribution in [-0.4, -0.2) is 37.5 Å². The highest BCUT2D eigenvalue weighted by Crippen LogP contribution is 2.26. The summed E-state index contributed by atoms with van der Waals surface area (Å²) in [7, 11) is -3.57. The molecular formula is C23H28N2O4S. The van der Waals surface area contributed by atoms with E-state index in [4.69, 9.17) is 0 Å². The van der Waals surface area contributed by atoms with Crippen LogP contribution in [0.1, 0.15) is 55.5 Å². The number of Topliss-reactive ketones (excluding diaryl/α,β-unsaturated/α-hetero) is 1. The molecule has 0 aromatic heterocycles. The van der Waals surface area contributed by atoms with Crippen molar-refractivity contribution in [3.05, 3.63) is 59.7 Å². The number of amides is 1. The van der Waals surface area contributed by atoms with Gasteiger partial charge in [0.05, 0.1) is 10.6 Å². The van der Waals surface area contributed by atoms with Gasteiger partial charge >= 0.3 is 0 Å². The summed E-state index contributed by atoms with van der Waals surface area (Å²) in [6, 6.07) is 13.9. The zero-order valence-corrected chi connectivity index (χ0v) is 18.4. The zero-order valence-electron chi connectivity index (χ0n) is 17.6. The maximum absolute atomic E-state index is 12.9. The number of carbonyl (C=O) groups excluding carboxylic acids is 2. The molecular weight excluding hydrogens is 400 g/mol. The summed E-state index contributed by atoms with van der Waals surface area (Å²) in [6.07, 6.45) is 0.884. The van der Waals surface area contributed by atoms with Gasteiger partial charge in [-0.05, 0) is 55.5 Å². The summed E-state index contributed by atoms with van der Waals surface area (Å²) in [5.41, 5.74) is 2.06. The van der Waals surface area contributed by atoms with Crippen molar-refractivity contribution in [3.63, 3.8) is 0 Å². The molecule has 2 aromatic rings. The summed E-state index contributed by atoms with van der Waals surface area (Å²) in [4.78, 5) is 24.7. The van der Waals surface area contributed by atoms with Crippen molar-refractivity contribution in [1.82, 2.24) is 4.31 Å². The summed E-state index contributed by atoms with van der Waals surface area (Å²) >= 11 is 0. The molecule has 0 atom stereocenters. The van der Waals surface area contributed by atoms with Gasteiger partial charge in [0.1, 0.15) is 0 Å². The maximum Gasteiger partial charge on any atom is 0.243 e. The van der Waals surface area contributed by atoms with Crippen LogP contribution in [0.4, 0.5) is 5.69 Å². The van der Waals surface area contributed by atoms with Crippen LogP contribution in [0.2, 0.25) is 0 Å². The number of nitrogens with zero attached hydrogens (tertiary/aromatic N) is 1. The smallest absolute Gasteiger partial charge is 0.243 e. The summed E-state index contributed by atoms with van der Waals surface area (Å²) in [6.45, 7) is 6.17. The van der Waals surface area contributed by atoms with Gasteiger partial charge in [0.25, 0.3) is 0 Å². The molecule has 2 aromatic carbocycles. The number of piperidine rings is 1. The Balaban J connectivity index is 1.64. The first-order valence-corrected chi connectivity index (χ1v) is 11.6. The molecule has 1 fully saturated rings. The molecule has 30 heavy (non-hydrogen) atoms. The predicted octanol–water partition coefficient (Wildman–Crippen LogP) is 4.05. The second kappa shape index (κ2) is 9.10. The van der Waals surface area contributed by atoms with E-state index in [1.54, 1.807) is 36.4 Å². The molecule has 7 heteroatoms. The lowest BCUT2D eigenvalue weighted by Gasteiger charge is -2.30. The second-order valence-electron chi connectivity index (χ2n) is 7.99. The fourth-order valence-electron chi connectivity index (χ4n) is 3.67. The molecule has 1 aliphatic heterocycles. The number of hydrogen-bond donors (Lipinski definition) is 1. The molecule has 1 amide bonds. The van der Waals surface area contributed by atoms with Gasteiger partial charge in [0, 0.05) is 24.6 Å². The Morgan fingerprint density at radius 1 is 1.00 bits per heavy atom. The van der Waals surface area contributed by atoms with E-state index >= 15 is 0 Å².